The van der Waals surface area contributed by atoms with Gasteiger partial charge in [-0.05, 0) is 25.5 Å². The summed E-state index contributed by atoms with van der Waals surface area (Å²) >= 11 is 0. The maximum Gasteiger partial charge on any atom is 0.260 e. The van der Waals surface area contributed by atoms with E-state index >= 15 is 0 Å². The Morgan fingerprint density at radius 1 is 1.26 bits per heavy atom. The summed E-state index contributed by atoms with van der Waals surface area (Å²) in [6, 6.07) is 6.60. The molecule has 0 aliphatic carbocycles. The molecule has 0 bridgehead atoms. The third kappa shape index (κ3) is 2.82. The number of aromatic nitrogens is 1. The van der Waals surface area contributed by atoms with Gasteiger partial charge in [0.1, 0.15) is 5.75 Å². The van der Waals surface area contributed by atoms with Crippen molar-refractivity contribution in [3.05, 3.63) is 57.5 Å². The van der Waals surface area contributed by atoms with Crippen LogP contribution < -0.4 is 10.9 Å². The molecule has 2 aromatic rings. The van der Waals surface area contributed by atoms with Crippen LogP contribution in [0.5, 0.6) is 5.75 Å². The largest absolute Gasteiger partial charge is 0.507 e. The number of aromatic amines is 1. The third-order valence-electron chi connectivity index (χ3n) is 2.78. The molecule has 0 aliphatic heterocycles. The van der Waals surface area contributed by atoms with Gasteiger partial charge in [0.25, 0.3) is 11.5 Å². The van der Waals surface area contributed by atoms with Crippen LogP contribution in [-0.4, -0.2) is 16.0 Å². The number of anilines is 1. The number of hydrogen-bond donors (Lipinski definition) is 3. The summed E-state index contributed by atoms with van der Waals surface area (Å²) in [7, 11) is 0. The van der Waals surface area contributed by atoms with Crippen LogP contribution >= 0.6 is 0 Å². The molecule has 0 saturated carbocycles. The summed E-state index contributed by atoms with van der Waals surface area (Å²) in [6.45, 7) is 3.85. The summed E-state index contributed by atoms with van der Waals surface area (Å²) in [4.78, 5) is 25.3. The first-order chi connectivity index (χ1) is 8.97. The van der Waals surface area contributed by atoms with Gasteiger partial charge < -0.3 is 15.4 Å². The van der Waals surface area contributed by atoms with E-state index in [0.717, 1.165) is 17.2 Å². The fourth-order valence-electron chi connectivity index (χ4n) is 1.79. The van der Waals surface area contributed by atoms with Gasteiger partial charge in [-0.15, -0.1) is 0 Å². The molecule has 0 fully saturated rings. The number of amides is 1. The van der Waals surface area contributed by atoms with Crippen LogP contribution in [0, 0.1) is 13.8 Å². The average Bonchev–Trinajstić information content (AvgIpc) is 2.32. The molecule has 1 aromatic heterocycles. The van der Waals surface area contributed by atoms with Crippen LogP contribution in [0.25, 0.3) is 0 Å². The highest BCUT2D eigenvalue weighted by atomic mass is 16.3. The number of pyridine rings is 1. The number of aryl methyl sites for hydroxylation is 2. The predicted octanol–water partition coefficient (Wildman–Crippen LogP) is 1.95. The van der Waals surface area contributed by atoms with E-state index in [1.54, 1.807) is 6.07 Å². The van der Waals surface area contributed by atoms with Crippen molar-refractivity contribution in [2.24, 2.45) is 0 Å². The first-order valence-corrected chi connectivity index (χ1v) is 5.77. The Morgan fingerprint density at radius 2 is 2.00 bits per heavy atom. The molecule has 1 aromatic carbocycles. The lowest BCUT2D eigenvalue weighted by molar-refractivity contribution is 0.102. The summed E-state index contributed by atoms with van der Waals surface area (Å²) in [6.07, 6.45) is 1.19. The second-order valence-electron chi connectivity index (χ2n) is 4.37. The van der Waals surface area contributed by atoms with E-state index in [1.807, 2.05) is 26.0 Å². The van der Waals surface area contributed by atoms with Crippen LogP contribution in [0.15, 0.2) is 35.3 Å². The van der Waals surface area contributed by atoms with Gasteiger partial charge >= 0.3 is 0 Å². The van der Waals surface area contributed by atoms with Gasteiger partial charge in [0, 0.05) is 18.0 Å². The van der Waals surface area contributed by atoms with Crippen molar-refractivity contribution in [2.75, 3.05) is 5.32 Å². The molecule has 0 atom stereocenters. The van der Waals surface area contributed by atoms with Crippen LogP contribution in [0.2, 0.25) is 0 Å². The van der Waals surface area contributed by atoms with Gasteiger partial charge in [-0.1, -0.05) is 17.7 Å². The molecule has 0 saturated heterocycles. The SMILES string of the molecule is Cc1ccc(NC(=O)c2c[nH]c(=O)cc2O)c(C)c1. The van der Waals surface area contributed by atoms with Gasteiger partial charge in [-0.25, -0.2) is 0 Å². The smallest absolute Gasteiger partial charge is 0.260 e. The van der Waals surface area contributed by atoms with Crippen molar-refractivity contribution in [2.45, 2.75) is 13.8 Å². The van der Waals surface area contributed by atoms with Crippen molar-refractivity contribution in [3.8, 4) is 5.75 Å². The third-order valence-corrected chi connectivity index (χ3v) is 2.78. The molecule has 19 heavy (non-hydrogen) atoms. The molecule has 0 spiro atoms. The quantitative estimate of drug-likeness (QED) is 0.770. The topological polar surface area (TPSA) is 82.2 Å². The van der Waals surface area contributed by atoms with E-state index in [2.05, 4.69) is 10.3 Å². The summed E-state index contributed by atoms with van der Waals surface area (Å²) in [5.74, 6) is -0.813. The van der Waals surface area contributed by atoms with Gasteiger partial charge in [0.2, 0.25) is 0 Å². The Bertz CT molecular complexity index is 689. The van der Waals surface area contributed by atoms with Crippen LogP contribution in [0.1, 0.15) is 21.5 Å². The van der Waals surface area contributed by atoms with Crippen molar-refractivity contribution in [3.63, 3.8) is 0 Å². The molecule has 0 aliphatic rings. The van der Waals surface area contributed by atoms with Crippen molar-refractivity contribution in [1.29, 1.82) is 0 Å². The van der Waals surface area contributed by atoms with Crippen LogP contribution in [-0.2, 0) is 0 Å². The molecular weight excluding hydrogens is 244 g/mol. The van der Waals surface area contributed by atoms with E-state index in [1.165, 1.54) is 6.20 Å². The second kappa shape index (κ2) is 4.97. The minimum Gasteiger partial charge on any atom is -0.507 e. The number of H-pyrrole nitrogens is 1. The minimum atomic E-state index is -0.472. The van der Waals surface area contributed by atoms with E-state index in [0.29, 0.717) is 5.69 Å². The Balaban J connectivity index is 2.28. The second-order valence-corrected chi connectivity index (χ2v) is 4.37. The van der Waals surface area contributed by atoms with Gasteiger partial charge in [0.15, 0.2) is 0 Å². The van der Waals surface area contributed by atoms with Gasteiger partial charge in [0.05, 0.1) is 5.56 Å². The van der Waals surface area contributed by atoms with Crippen molar-refractivity contribution >= 4 is 11.6 Å². The lowest BCUT2D eigenvalue weighted by Crippen LogP contribution is -2.15. The molecule has 2 rings (SSSR count). The Morgan fingerprint density at radius 3 is 2.63 bits per heavy atom. The minimum absolute atomic E-state index is 0.0274. The average molecular weight is 258 g/mol. The van der Waals surface area contributed by atoms with Crippen LogP contribution in [0.4, 0.5) is 5.69 Å². The Hall–Kier alpha value is -2.56. The fourth-order valence-corrected chi connectivity index (χ4v) is 1.79. The number of aromatic hydroxyl groups is 1. The van der Waals surface area contributed by atoms with Crippen LogP contribution in [0.3, 0.4) is 0 Å². The number of rotatable bonds is 2. The number of benzene rings is 1. The maximum absolute atomic E-state index is 12.0. The molecule has 0 unspecified atom stereocenters. The normalized spacial score (nSPS) is 10.2. The first kappa shape index (κ1) is 12.9. The van der Waals surface area contributed by atoms with Crippen molar-refractivity contribution < 1.29 is 9.90 Å². The number of nitrogens with one attached hydrogen (secondary N) is 2. The molecule has 1 amide bonds. The zero-order chi connectivity index (χ0) is 14.0. The lowest BCUT2D eigenvalue weighted by Gasteiger charge is -2.09. The monoisotopic (exact) mass is 258 g/mol. The predicted molar refractivity (Wildman–Crippen MR) is 72.6 cm³/mol. The van der Waals surface area contributed by atoms with E-state index in [9.17, 15) is 14.7 Å². The zero-order valence-electron chi connectivity index (χ0n) is 10.7. The summed E-state index contributed by atoms with van der Waals surface area (Å²) < 4.78 is 0. The van der Waals surface area contributed by atoms with Crippen molar-refractivity contribution in [1.82, 2.24) is 4.98 Å². The highest BCUT2D eigenvalue weighted by Gasteiger charge is 2.12. The molecule has 5 nitrogen and oxygen atoms in total. The maximum atomic E-state index is 12.0. The first-order valence-electron chi connectivity index (χ1n) is 5.77. The van der Waals surface area contributed by atoms with Gasteiger partial charge in [-0.2, -0.15) is 0 Å². The summed E-state index contributed by atoms with van der Waals surface area (Å²) in [5.41, 5.74) is 2.26. The Kier molecular flexibility index (Phi) is 3.37. The number of carbonyl (C=O) groups is 1. The molecule has 98 valence electrons. The van der Waals surface area contributed by atoms with E-state index in [4.69, 9.17) is 0 Å². The molecule has 3 N–H and O–H groups in total. The Labute approximate surface area is 109 Å². The highest BCUT2D eigenvalue weighted by Crippen LogP contribution is 2.19. The number of hydrogen-bond acceptors (Lipinski definition) is 3. The number of carbonyl (C=O) groups excluding carboxylic acids is 1. The zero-order valence-corrected chi connectivity index (χ0v) is 10.7. The van der Waals surface area contributed by atoms with E-state index in [-0.39, 0.29) is 11.3 Å². The van der Waals surface area contributed by atoms with E-state index < -0.39 is 11.5 Å². The molecular formula is C14H14N2O3. The highest BCUT2D eigenvalue weighted by molar-refractivity contribution is 6.06. The summed E-state index contributed by atoms with van der Waals surface area (Å²) in [5, 5.41) is 12.3. The lowest BCUT2D eigenvalue weighted by atomic mass is 10.1. The molecule has 5 heteroatoms. The standard InChI is InChI=1S/C14H14N2O3/c1-8-3-4-11(9(2)5-8)16-14(19)10-7-15-13(18)6-12(10)17/h3-7H,1-2H3,(H,16,19)(H2,15,17,18). The fraction of sp³-hybridized carbons (Fsp3) is 0.143. The molecule has 1 heterocycles. The van der Waals surface area contributed by atoms with Gasteiger partial charge in [-0.3, -0.25) is 9.59 Å². The molecule has 0 radical (unpaired) electrons.